The van der Waals surface area contributed by atoms with Crippen LogP contribution in [-0.2, 0) is 11.2 Å². The van der Waals surface area contributed by atoms with Crippen molar-refractivity contribution in [2.24, 2.45) is 11.7 Å². The smallest absolute Gasteiger partial charge is 0.0575 e. The molecule has 0 radical (unpaired) electrons. The van der Waals surface area contributed by atoms with Gasteiger partial charge in [0.15, 0.2) is 0 Å². The minimum atomic E-state index is 0.474. The van der Waals surface area contributed by atoms with Gasteiger partial charge in [-0.3, -0.25) is 0 Å². The molecule has 0 aliphatic heterocycles. The van der Waals surface area contributed by atoms with Gasteiger partial charge in [0.1, 0.15) is 0 Å². The van der Waals surface area contributed by atoms with E-state index in [1.807, 2.05) is 0 Å². The molecule has 0 spiro atoms. The summed E-state index contributed by atoms with van der Waals surface area (Å²) in [5.41, 5.74) is 7.05. The van der Waals surface area contributed by atoms with Crippen LogP contribution in [0.4, 0.5) is 0 Å². The quantitative estimate of drug-likeness (QED) is 0.848. The lowest BCUT2D eigenvalue weighted by molar-refractivity contribution is 0.0207. The van der Waals surface area contributed by atoms with Crippen molar-refractivity contribution >= 4 is 0 Å². The van der Waals surface area contributed by atoms with Crippen LogP contribution in [0.15, 0.2) is 30.3 Å². The summed E-state index contributed by atoms with van der Waals surface area (Å²) in [6, 6.07) is 10.5. The SMILES string of the molecule is NCC1CCC(OCCc2ccccc2)CC1. The summed E-state index contributed by atoms with van der Waals surface area (Å²) in [4.78, 5) is 0. The first kappa shape index (κ1) is 12.6. The summed E-state index contributed by atoms with van der Waals surface area (Å²) < 4.78 is 5.94. The molecule has 1 aliphatic carbocycles. The standard InChI is InChI=1S/C15H23NO/c16-12-14-6-8-15(9-7-14)17-11-10-13-4-2-1-3-5-13/h1-5,14-15H,6-12,16H2. The molecule has 0 aromatic heterocycles. The lowest BCUT2D eigenvalue weighted by Crippen LogP contribution is -2.26. The van der Waals surface area contributed by atoms with E-state index in [-0.39, 0.29) is 0 Å². The highest BCUT2D eigenvalue weighted by atomic mass is 16.5. The van der Waals surface area contributed by atoms with Crippen LogP contribution in [0.1, 0.15) is 31.2 Å². The molecule has 0 unspecified atom stereocenters. The molecule has 1 fully saturated rings. The van der Waals surface area contributed by atoms with Crippen molar-refractivity contribution in [2.45, 2.75) is 38.2 Å². The lowest BCUT2D eigenvalue weighted by atomic mass is 9.87. The van der Waals surface area contributed by atoms with E-state index in [1.54, 1.807) is 0 Å². The number of nitrogens with two attached hydrogens (primary N) is 1. The van der Waals surface area contributed by atoms with E-state index in [0.29, 0.717) is 6.10 Å². The van der Waals surface area contributed by atoms with Gasteiger partial charge in [-0.2, -0.15) is 0 Å². The van der Waals surface area contributed by atoms with Crippen LogP contribution < -0.4 is 5.73 Å². The highest BCUT2D eigenvalue weighted by Crippen LogP contribution is 2.25. The molecular weight excluding hydrogens is 210 g/mol. The zero-order valence-electron chi connectivity index (χ0n) is 10.5. The van der Waals surface area contributed by atoms with E-state index in [1.165, 1.54) is 31.2 Å². The van der Waals surface area contributed by atoms with Gasteiger partial charge in [0.05, 0.1) is 12.7 Å². The second kappa shape index (κ2) is 6.77. The van der Waals surface area contributed by atoms with Gasteiger partial charge in [0.2, 0.25) is 0 Å². The number of benzene rings is 1. The van der Waals surface area contributed by atoms with Crippen molar-refractivity contribution in [3.8, 4) is 0 Å². The Kier molecular flexibility index (Phi) is 5.02. The normalized spacial score (nSPS) is 24.8. The molecule has 0 saturated heterocycles. The van der Waals surface area contributed by atoms with Gasteiger partial charge in [-0.05, 0) is 50.1 Å². The first-order chi connectivity index (χ1) is 8.38. The van der Waals surface area contributed by atoms with Crippen LogP contribution in [-0.4, -0.2) is 19.3 Å². The number of hydrogen-bond donors (Lipinski definition) is 1. The Bertz CT molecular complexity index is 304. The molecule has 2 nitrogen and oxygen atoms in total. The largest absolute Gasteiger partial charge is 0.378 e. The van der Waals surface area contributed by atoms with Crippen molar-refractivity contribution in [1.82, 2.24) is 0 Å². The minimum absolute atomic E-state index is 0.474. The molecule has 1 aromatic rings. The zero-order valence-corrected chi connectivity index (χ0v) is 10.5. The Balaban J connectivity index is 1.63. The molecule has 0 heterocycles. The van der Waals surface area contributed by atoms with Crippen molar-refractivity contribution in [3.05, 3.63) is 35.9 Å². The van der Waals surface area contributed by atoms with E-state index in [9.17, 15) is 0 Å². The average Bonchev–Trinajstić information content (AvgIpc) is 2.41. The maximum atomic E-state index is 5.94. The van der Waals surface area contributed by atoms with Crippen molar-refractivity contribution in [3.63, 3.8) is 0 Å². The summed E-state index contributed by atoms with van der Waals surface area (Å²) in [6.45, 7) is 1.69. The predicted molar refractivity (Wildman–Crippen MR) is 70.9 cm³/mol. The van der Waals surface area contributed by atoms with Crippen LogP contribution in [0.25, 0.3) is 0 Å². The minimum Gasteiger partial charge on any atom is -0.378 e. The van der Waals surface area contributed by atoms with E-state index in [0.717, 1.165) is 25.5 Å². The van der Waals surface area contributed by atoms with Crippen LogP contribution in [0.3, 0.4) is 0 Å². The van der Waals surface area contributed by atoms with Gasteiger partial charge in [-0.1, -0.05) is 30.3 Å². The summed E-state index contributed by atoms with van der Waals surface area (Å²) in [6.07, 6.45) is 6.37. The van der Waals surface area contributed by atoms with Gasteiger partial charge >= 0.3 is 0 Å². The van der Waals surface area contributed by atoms with E-state index >= 15 is 0 Å². The summed E-state index contributed by atoms with van der Waals surface area (Å²) in [5, 5.41) is 0. The average molecular weight is 233 g/mol. The zero-order chi connectivity index (χ0) is 11.9. The number of rotatable bonds is 5. The fourth-order valence-corrected chi connectivity index (χ4v) is 2.52. The molecular formula is C15H23NO. The van der Waals surface area contributed by atoms with Crippen LogP contribution in [0, 0.1) is 5.92 Å². The van der Waals surface area contributed by atoms with Crippen molar-refractivity contribution in [2.75, 3.05) is 13.2 Å². The topological polar surface area (TPSA) is 35.2 Å². The molecule has 2 rings (SSSR count). The first-order valence-electron chi connectivity index (χ1n) is 6.74. The molecule has 2 N–H and O–H groups in total. The van der Waals surface area contributed by atoms with Crippen LogP contribution in [0.2, 0.25) is 0 Å². The molecule has 2 heteroatoms. The van der Waals surface area contributed by atoms with Gasteiger partial charge < -0.3 is 10.5 Å². The second-order valence-corrected chi connectivity index (χ2v) is 4.98. The van der Waals surface area contributed by atoms with Gasteiger partial charge in [-0.15, -0.1) is 0 Å². The fraction of sp³-hybridized carbons (Fsp3) is 0.600. The molecule has 17 heavy (non-hydrogen) atoms. The molecule has 1 aromatic carbocycles. The molecule has 0 atom stereocenters. The van der Waals surface area contributed by atoms with Crippen molar-refractivity contribution in [1.29, 1.82) is 0 Å². The van der Waals surface area contributed by atoms with Crippen LogP contribution in [0.5, 0.6) is 0 Å². The molecule has 94 valence electrons. The molecule has 0 amide bonds. The fourth-order valence-electron chi connectivity index (χ4n) is 2.52. The van der Waals surface area contributed by atoms with E-state index < -0.39 is 0 Å². The molecule has 0 bridgehead atoms. The van der Waals surface area contributed by atoms with E-state index in [4.69, 9.17) is 10.5 Å². The predicted octanol–water partition coefficient (Wildman–Crippen LogP) is 2.76. The lowest BCUT2D eigenvalue weighted by Gasteiger charge is -2.27. The maximum Gasteiger partial charge on any atom is 0.0575 e. The second-order valence-electron chi connectivity index (χ2n) is 4.98. The number of hydrogen-bond acceptors (Lipinski definition) is 2. The third-order valence-corrected chi connectivity index (χ3v) is 3.71. The van der Waals surface area contributed by atoms with Gasteiger partial charge in [0, 0.05) is 0 Å². The monoisotopic (exact) mass is 233 g/mol. The molecule has 1 saturated carbocycles. The van der Waals surface area contributed by atoms with Crippen molar-refractivity contribution < 1.29 is 4.74 Å². The van der Waals surface area contributed by atoms with E-state index in [2.05, 4.69) is 30.3 Å². The third kappa shape index (κ3) is 4.14. The highest BCUT2D eigenvalue weighted by molar-refractivity contribution is 5.14. The number of ether oxygens (including phenoxy) is 1. The third-order valence-electron chi connectivity index (χ3n) is 3.71. The summed E-state index contributed by atoms with van der Waals surface area (Å²) in [5.74, 6) is 0.740. The Hall–Kier alpha value is -0.860. The molecule has 1 aliphatic rings. The Morgan fingerprint density at radius 2 is 1.76 bits per heavy atom. The van der Waals surface area contributed by atoms with Crippen LogP contribution >= 0.6 is 0 Å². The summed E-state index contributed by atoms with van der Waals surface area (Å²) in [7, 11) is 0. The Morgan fingerprint density at radius 3 is 2.41 bits per heavy atom. The summed E-state index contributed by atoms with van der Waals surface area (Å²) >= 11 is 0. The van der Waals surface area contributed by atoms with Gasteiger partial charge in [-0.25, -0.2) is 0 Å². The first-order valence-corrected chi connectivity index (χ1v) is 6.74. The highest BCUT2D eigenvalue weighted by Gasteiger charge is 2.20. The maximum absolute atomic E-state index is 5.94. The van der Waals surface area contributed by atoms with Gasteiger partial charge in [0.25, 0.3) is 0 Å². The Labute approximate surface area is 104 Å². The Morgan fingerprint density at radius 1 is 1.06 bits per heavy atom.